The number of hydrogen-bond acceptors (Lipinski definition) is 8. The molecule has 1 amide bonds. The zero-order valence-electron chi connectivity index (χ0n) is 29.7. The van der Waals surface area contributed by atoms with Crippen LogP contribution in [-0.2, 0) is 32.5 Å². The minimum absolute atomic E-state index is 0.0469. The van der Waals surface area contributed by atoms with Crippen LogP contribution in [0.1, 0.15) is 61.4 Å². The van der Waals surface area contributed by atoms with Gasteiger partial charge >= 0.3 is 12.1 Å². The molecular weight excluding hydrogens is 699 g/mol. The van der Waals surface area contributed by atoms with E-state index in [0.717, 1.165) is 23.7 Å². The maximum Gasteiger partial charge on any atom is 0.401 e. The molecule has 6 rings (SSSR count). The summed E-state index contributed by atoms with van der Waals surface area (Å²) in [6, 6.07) is 12.7. The molecule has 3 aromatic rings. The Morgan fingerprint density at radius 2 is 1.60 bits per heavy atom. The third-order valence-corrected chi connectivity index (χ3v) is 10.8. The highest BCUT2D eigenvalue weighted by atomic mass is 35.5. The summed E-state index contributed by atoms with van der Waals surface area (Å²) in [6.45, 7) is 3.00. The van der Waals surface area contributed by atoms with Crippen molar-refractivity contribution in [3.05, 3.63) is 64.8 Å². The van der Waals surface area contributed by atoms with Crippen molar-refractivity contribution in [1.29, 1.82) is 0 Å². The van der Waals surface area contributed by atoms with Crippen molar-refractivity contribution in [2.75, 3.05) is 57.7 Å². The number of hydrogen-bond donors (Lipinski definition) is 1. The van der Waals surface area contributed by atoms with E-state index in [1.165, 1.54) is 4.90 Å². The first kappa shape index (κ1) is 38.2. The Morgan fingerprint density at radius 1 is 0.923 bits per heavy atom. The van der Waals surface area contributed by atoms with E-state index in [0.29, 0.717) is 62.2 Å². The maximum absolute atomic E-state index is 14.9. The van der Waals surface area contributed by atoms with Gasteiger partial charge in [-0.05, 0) is 69.2 Å². The fourth-order valence-corrected chi connectivity index (χ4v) is 8.19. The summed E-state index contributed by atoms with van der Waals surface area (Å²) in [7, 11) is 1.88. The van der Waals surface area contributed by atoms with Gasteiger partial charge in [0, 0.05) is 69.8 Å². The van der Waals surface area contributed by atoms with Crippen LogP contribution in [0.5, 0.6) is 0 Å². The monoisotopic (exact) mass is 745 g/mol. The normalized spacial score (nSPS) is 22.0. The molecule has 1 aromatic heterocycles. The first-order valence-electron chi connectivity index (χ1n) is 18.2. The molecule has 1 saturated carbocycles. The highest BCUT2D eigenvalue weighted by Crippen LogP contribution is 2.37. The first-order chi connectivity index (χ1) is 24.9. The van der Waals surface area contributed by atoms with Gasteiger partial charge in [0.25, 0.3) is 5.91 Å². The number of nitrogens with zero attached hydrogens (tertiary/aromatic N) is 4. The predicted octanol–water partition coefficient (Wildman–Crippen LogP) is 6.26. The number of benzene rings is 2. The summed E-state index contributed by atoms with van der Waals surface area (Å²) >= 11 is 6.73. The molecule has 1 unspecified atom stereocenters. The highest BCUT2D eigenvalue weighted by molar-refractivity contribution is 6.34. The third-order valence-electron chi connectivity index (χ3n) is 10.5. The molecule has 2 aliphatic heterocycles. The summed E-state index contributed by atoms with van der Waals surface area (Å²) in [5.41, 5.74) is 2.45. The van der Waals surface area contributed by atoms with Crippen molar-refractivity contribution in [2.45, 2.75) is 70.0 Å². The van der Waals surface area contributed by atoms with Gasteiger partial charge in [-0.3, -0.25) is 29.1 Å². The highest BCUT2D eigenvalue weighted by Gasteiger charge is 2.53. The molecule has 14 heteroatoms. The molecule has 282 valence electrons. The Labute approximate surface area is 307 Å². The van der Waals surface area contributed by atoms with Gasteiger partial charge in [0.1, 0.15) is 0 Å². The van der Waals surface area contributed by atoms with Gasteiger partial charge in [-0.25, -0.2) is 0 Å². The minimum Gasteiger partial charge on any atom is -0.466 e. The second-order valence-electron chi connectivity index (χ2n) is 14.1. The standard InChI is InChI=1S/C38H47ClF3N5O5/c1-3-51-36(50)27-11-13-28(14-12-27)52-38(46-16-6-7-17-46,47-20-18-45(19-21-47)25-37(40,41)42)34(48)23-26-10-15-32(31(39)22-26)43-35(49)30-24-44(2)33-9-5-4-8-29(30)33/h4-5,8-10,15,22,24,27-28H,3,6-7,11-14,16-21,23,25H2,1-2H3,(H,43,49). The SMILES string of the molecule is CCOC(=O)C1CCC(OC(C(=O)Cc2ccc(NC(=O)c3cn(C)c4ccccc34)c(Cl)c2)(N2CCCC2)N2CCN(CC(F)(F)F)CC2)CC1. The molecule has 2 aromatic carbocycles. The van der Waals surface area contributed by atoms with Gasteiger partial charge < -0.3 is 19.4 Å². The van der Waals surface area contributed by atoms with Gasteiger partial charge in [-0.15, -0.1) is 0 Å². The van der Waals surface area contributed by atoms with Gasteiger partial charge in [0.2, 0.25) is 5.85 Å². The lowest BCUT2D eigenvalue weighted by Gasteiger charge is -2.52. The van der Waals surface area contributed by atoms with Crippen LogP contribution in [0.4, 0.5) is 18.9 Å². The van der Waals surface area contributed by atoms with E-state index in [4.69, 9.17) is 21.1 Å². The van der Waals surface area contributed by atoms with Crippen LogP contribution in [0.2, 0.25) is 5.02 Å². The second-order valence-corrected chi connectivity index (χ2v) is 14.5. The zero-order valence-corrected chi connectivity index (χ0v) is 30.5. The van der Waals surface area contributed by atoms with Crippen LogP contribution < -0.4 is 5.32 Å². The fraction of sp³-hybridized carbons (Fsp3) is 0.553. The number of ketones is 1. The van der Waals surface area contributed by atoms with Crippen molar-refractivity contribution in [1.82, 2.24) is 19.3 Å². The van der Waals surface area contributed by atoms with E-state index in [-0.39, 0.29) is 67.3 Å². The number of alkyl halides is 3. The number of nitrogens with one attached hydrogen (secondary N) is 1. The van der Waals surface area contributed by atoms with Crippen LogP contribution in [-0.4, -0.2) is 107 Å². The Morgan fingerprint density at radius 3 is 2.25 bits per heavy atom. The molecule has 0 bridgehead atoms. The van der Waals surface area contributed by atoms with Crippen LogP contribution in [0.25, 0.3) is 10.9 Å². The Bertz CT molecular complexity index is 1750. The quantitative estimate of drug-likeness (QED) is 0.217. The van der Waals surface area contributed by atoms with Crippen molar-refractivity contribution < 1.29 is 37.0 Å². The average Bonchev–Trinajstić information content (AvgIpc) is 3.77. The van der Waals surface area contributed by atoms with Gasteiger partial charge in [-0.2, -0.15) is 13.2 Å². The number of amides is 1. The van der Waals surface area contributed by atoms with Crippen LogP contribution >= 0.6 is 11.6 Å². The van der Waals surface area contributed by atoms with Gasteiger partial charge in [0.15, 0.2) is 5.78 Å². The summed E-state index contributed by atoms with van der Waals surface area (Å²) in [5.74, 6) is -2.50. The lowest BCUT2D eigenvalue weighted by molar-refractivity contribution is -0.262. The number of carbonyl (C=O) groups is 3. The molecule has 0 spiro atoms. The molecular formula is C38H47ClF3N5O5. The Balaban J connectivity index is 1.24. The summed E-state index contributed by atoms with van der Waals surface area (Å²) < 4.78 is 54.0. The van der Waals surface area contributed by atoms with Crippen molar-refractivity contribution in [3.8, 4) is 0 Å². The number of ether oxygens (including phenoxy) is 2. The fourth-order valence-electron chi connectivity index (χ4n) is 7.94. The average molecular weight is 746 g/mol. The first-order valence-corrected chi connectivity index (χ1v) is 18.6. The van der Waals surface area contributed by atoms with Crippen LogP contribution in [0, 0.1) is 5.92 Å². The summed E-state index contributed by atoms with van der Waals surface area (Å²) in [6.07, 6.45) is 1.02. The molecule has 1 N–H and O–H groups in total. The minimum atomic E-state index is -4.32. The number of likely N-dealkylation sites (tertiary alicyclic amines) is 1. The smallest absolute Gasteiger partial charge is 0.401 e. The van der Waals surface area contributed by atoms with E-state index < -0.39 is 18.6 Å². The molecule has 1 aliphatic carbocycles. The van der Waals surface area contributed by atoms with E-state index in [9.17, 15) is 27.6 Å². The number of piperazine rings is 1. The summed E-state index contributed by atoms with van der Waals surface area (Å²) in [5, 5.41) is 3.99. The van der Waals surface area contributed by atoms with E-state index in [1.54, 1.807) is 31.3 Å². The third kappa shape index (κ3) is 8.49. The lowest BCUT2D eigenvalue weighted by Crippen LogP contribution is -2.71. The number of carbonyl (C=O) groups excluding carboxylic acids is 3. The van der Waals surface area contributed by atoms with Crippen LogP contribution in [0.15, 0.2) is 48.7 Å². The number of Topliss-reactive ketones (excluding diaryl/α,β-unsaturated/α-hetero) is 1. The van der Waals surface area contributed by atoms with Crippen molar-refractivity contribution in [3.63, 3.8) is 0 Å². The number of rotatable bonds is 12. The van der Waals surface area contributed by atoms with Crippen LogP contribution in [0.3, 0.4) is 0 Å². The number of anilines is 1. The van der Waals surface area contributed by atoms with Crippen molar-refractivity contribution in [2.24, 2.45) is 13.0 Å². The van der Waals surface area contributed by atoms with E-state index in [2.05, 4.69) is 5.32 Å². The number of fused-ring (bicyclic) bond motifs is 1. The van der Waals surface area contributed by atoms with E-state index in [1.807, 2.05) is 45.7 Å². The number of aromatic nitrogens is 1. The van der Waals surface area contributed by atoms with E-state index >= 15 is 0 Å². The Kier molecular flexibility index (Phi) is 12.0. The molecule has 3 aliphatic rings. The largest absolute Gasteiger partial charge is 0.466 e. The topological polar surface area (TPSA) is 96.3 Å². The molecule has 2 saturated heterocycles. The van der Waals surface area contributed by atoms with Crippen molar-refractivity contribution >= 4 is 45.9 Å². The molecule has 3 heterocycles. The lowest BCUT2D eigenvalue weighted by atomic mass is 9.87. The van der Waals surface area contributed by atoms with Gasteiger partial charge in [0.05, 0.1) is 41.4 Å². The summed E-state index contributed by atoms with van der Waals surface area (Å²) in [4.78, 5) is 46.0. The predicted molar refractivity (Wildman–Crippen MR) is 192 cm³/mol. The number of esters is 1. The maximum atomic E-state index is 14.9. The number of para-hydroxylation sites is 1. The second kappa shape index (κ2) is 16.3. The molecule has 3 fully saturated rings. The van der Waals surface area contributed by atoms with Gasteiger partial charge in [-0.1, -0.05) is 35.9 Å². The zero-order chi connectivity index (χ0) is 37.0. The molecule has 0 radical (unpaired) electrons. The number of halogens is 4. The molecule has 10 nitrogen and oxygen atoms in total. The molecule has 52 heavy (non-hydrogen) atoms. The molecule has 1 atom stereocenters. The number of aryl methyl sites for hydroxylation is 1. The Hall–Kier alpha value is -3.49.